The van der Waals surface area contributed by atoms with Crippen LogP contribution in [0.25, 0.3) is 22.0 Å². The van der Waals surface area contributed by atoms with Crippen molar-refractivity contribution in [3.05, 3.63) is 58.2 Å². The fourth-order valence-corrected chi connectivity index (χ4v) is 5.43. The summed E-state index contributed by atoms with van der Waals surface area (Å²) in [6, 6.07) is 15.8. The lowest BCUT2D eigenvalue weighted by Gasteiger charge is -2.07. The first kappa shape index (κ1) is 20.5. The first-order valence-corrected chi connectivity index (χ1v) is 12.0. The van der Waals surface area contributed by atoms with E-state index in [2.05, 4.69) is 21.3 Å². The summed E-state index contributed by atoms with van der Waals surface area (Å²) in [5.74, 6) is -0.123. The Kier molecular flexibility index (Phi) is 6.38. The average molecular weight is 452 g/mol. The number of benzene rings is 1. The van der Waals surface area contributed by atoms with Crippen molar-refractivity contribution < 1.29 is 4.79 Å². The third kappa shape index (κ3) is 4.21. The van der Waals surface area contributed by atoms with E-state index >= 15 is 0 Å². The summed E-state index contributed by atoms with van der Waals surface area (Å²) in [7, 11) is 0. The summed E-state index contributed by atoms with van der Waals surface area (Å²) >= 11 is 4.25. The molecule has 0 bridgehead atoms. The van der Waals surface area contributed by atoms with Crippen molar-refractivity contribution in [2.45, 2.75) is 24.5 Å². The Morgan fingerprint density at radius 3 is 2.73 bits per heavy atom. The lowest BCUT2D eigenvalue weighted by atomic mass is 10.1. The number of hydrogen-bond donors (Lipinski definition) is 0. The van der Waals surface area contributed by atoms with Crippen LogP contribution in [0, 0.1) is 11.3 Å². The van der Waals surface area contributed by atoms with E-state index in [1.165, 1.54) is 23.1 Å². The number of rotatable bonds is 8. The van der Waals surface area contributed by atoms with Gasteiger partial charge in [-0.15, -0.1) is 32.9 Å². The minimum atomic E-state index is -0.880. The number of nitrogens with zero attached hydrogens (tertiary/aromatic N) is 5. The summed E-state index contributed by atoms with van der Waals surface area (Å²) in [4.78, 5) is 18.4. The van der Waals surface area contributed by atoms with Crippen molar-refractivity contribution >= 4 is 40.2 Å². The normalized spacial score (nSPS) is 11.9. The monoisotopic (exact) mass is 451 g/mol. The lowest BCUT2D eigenvalue weighted by molar-refractivity contribution is -0.116. The maximum atomic E-state index is 12.8. The van der Waals surface area contributed by atoms with Gasteiger partial charge in [0.1, 0.15) is 5.01 Å². The number of Topliss-reactive ketones (excluding diaryl/α,β-unsaturated/α-hetero) is 1. The predicted molar refractivity (Wildman–Crippen MR) is 121 cm³/mol. The van der Waals surface area contributed by atoms with Crippen molar-refractivity contribution in [1.82, 2.24) is 19.7 Å². The predicted octanol–water partition coefficient (Wildman–Crippen LogP) is 5.12. The molecule has 0 aliphatic rings. The summed E-state index contributed by atoms with van der Waals surface area (Å²) in [6.07, 6.45) is 0. The first-order chi connectivity index (χ1) is 14.7. The van der Waals surface area contributed by atoms with Gasteiger partial charge in [0, 0.05) is 17.5 Å². The Bertz CT molecular complexity index is 1180. The van der Waals surface area contributed by atoms with Crippen LogP contribution < -0.4 is 0 Å². The van der Waals surface area contributed by atoms with Crippen LogP contribution in [0.15, 0.2) is 58.4 Å². The van der Waals surface area contributed by atoms with Gasteiger partial charge in [-0.1, -0.05) is 48.2 Å². The third-order valence-electron chi connectivity index (χ3n) is 4.41. The van der Waals surface area contributed by atoms with Gasteiger partial charge in [0.15, 0.2) is 22.7 Å². The van der Waals surface area contributed by atoms with E-state index in [1.54, 1.807) is 11.3 Å². The molecule has 0 radical (unpaired) electrons. The number of ketones is 1. The maximum Gasteiger partial charge on any atom is 0.191 e. The molecule has 9 heteroatoms. The molecule has 0 saturated carbocycles. The van der Waals surface area contributed by atoms with Crippen molar-refractivity contribution in [3.8, 4) is 28.0 Å². The topological polar surface area (TPSA) is 84.5 Å². The molecule has 1 unspecified atom stereocenters. The average Bonchev–Trinajstić information content (AvgIpc) is 3.53. The second-order valence-electron chi connectivity index (χ2n) is 6.28. The number of nitriles is 1. The molecule has 4 rings (SSSR count). The highest BCUT2D eigenvalue weighted by Crippen LogP contribution is 2.30. The Balaban J connectivity index is 1.47. The molecule has 3 aromatic heterocycles. The fraction of sp³-hybridized carbons (Fsp3) is 0.190. The van der Waals surface area contributed by atoms with Crippen LogP contribution in [0.2, 0.25) is 0 Å². The van der Waals surface area contributed by atoms with Gasteiger partial charge in [0.25, 0.3) is 0 Å². The molecule has 6 nitrogen and oxygen atoms in total. The number of thiazole rings is 1. The van der Waals surface area contributed by atoms with Gasteiger partial charge in [0.2, 0.25) is 0 Å². The van der Waals surface area contributed by atoms with E-state index in [9.17, 15) is 10.1 Å². The largest absolute Gasteiger partial charge is 0.302 e. The van der Waals surface area contributed by atoms with Crippen LogP contribution >= 0.6 is 34.4 Å². The minimum absolute atomic E-state index is 0.140. The molecule has 0 fully saturated rings. The molecule has 3 heterocycles. The van der Waals surface area contributed by atoms with Crippen LogP contribution in [-0.4, -0.2) is 31.3 Å². The van der Waals surface area contributed by atoms with E-state index in [4.69, 9.17) is 0 Å². The lowest BCUT2D eigenvalue weighted by Crippen LogP contribution is -2.13. The van der Waals surface area contributed by atoms with Crippen molar-refractivity contribution in [2.24, 2.45) is 0 Å². The van der Waals surface area contributed by atoms with Gasteiger partial charge >= 0.3 is 0 Å². The highest BCUT2D eigenvalue weighted by Gasteiger charge is 2.25. The molecular weight excluding hydrogens is 434 g/mol. The molecule has 0 spiro atoms. The van der Waals surface area contributed by atoms with Crippen molar-refractivity contribution in [3.63, 3.8) is 0 Å². The molecular formula is C21H17N5OS3. The number of hydrogen-bond acceptors (Lipinski definition) is 8. The van der Waals surface area contributed by atoms with Gasteiger partial charge in [-0.3, -0.25) is 4.79 Å². The van der Waals surface area contributed by atoms with Gasteiger partial charge in [0.05, 0.1) is 22.4 Å². The summed E-state index contributed by atoms with van der Waals surface area (Å²) in [5.41, 5.74) is 1.75. The number of carbonyl (C=O) groups excluding carboxylic acids is 1. The highest BCUT2D eigenvalue weighted by atomic mass is 32.2. The summed E-state index contributed by atoms with van der Waals surface area (Å²) in [5, 5.41) is 23.2. The van der Waals surface area contributed by atoms with E-state index in [-0.39, 0.29) is 11.5 Å². The number of aromatic nitrogens is 4. The molecule has 0 N–H and O–H groups in total. The van der Waals surface area contributed by atoms with Crippen LogP contribution in [0.5, 0.6) is 0 Å². The second kappa shape index (κ2) is 9.34. The molecule has 1 atom stereocenters. The number of thioether (sulfide) groups is 1. The Hall–Kier alpha value is -2.80. The Labute approximate surface area is 186 Å². The van der Waals surface area contributed by atoms with Crippen LogP contribution in [-0.2, 0) is 11.3 Å². The zero-order chi connectivity index (χ0) is 20.9. The van der Waals surface area contributed by atoms with E-state index in [0.29, 0.717) is 16.7 Å². The van der Waals surface area contributed by atoms with E-state index in [1.807, 2.05) is 64.7 Å². The standard InChI is InChI=1S/C21H17N5OS3/c1-2-26-19(18-9-6-10-28-18)24-25-21(26)30-13-17(27)15(11-22)20-23-16(12-29-20)14-7-4-3-5-8-14/h3-10,12,15H,2,13H2,1H3. The zero-order valence-electron chi connectivity index (χ0n) is 16.1. The molecule has 0 aliphatic carbocycles. The zero-order valence-corrected chi connectivity index (χ0v) is 18.5. The summed E-state index contributed by atoms with van der Waals surface area (Å²) < 4.78 is 1.99. The van der Waals surface area contributed by atoms with Gasteiger partial charge in [-0.05, 0) is 18.4 Å². The number of carbonyl (C=O) groups is 1. The number of thiophene rings is 1. The quantitative estimate of drug-likeness (QED) is 0.346. The van der Waals surface area contributed by atoms with Crippen molar-refractivity contribution in [1.29, 1.82) is 5.26 Å². The third-order valence-corrected chi connectivity index (χ3v) is 7.17. The van der Waals surface area contributed by atoms with Crippen molar-refractivity contribution in [2.75, 3.05) is 5.75 Å². The molecule has 1 aromatic carbocycles. The van der Waals surface area contributed by atoms with Gasteiger partial charge in [-0.25, -0.2) is 4.98 Å². The van der Waals surface area contributed by atoms with Crippen LogP contribution in [0.1, 0.15) is 17.8 Å². The molecule has 30 heavy (non-hydrogen) atoms. The molecule has 0 saturated heterocycles. The molecule has 0 amide bonds. The van der Waals surface area contributed by atoms with Gasteiger partial charge in [-0.2, -0.15) is 5.26 Å². The first-order valence-electron chi connectivity index (χ1n) is 9.24. The Morgan fingerprint density at radius 2 is 2.03 bits per heavy atom. The fourth-order valence-electron chi connectivity index (χ4n) is 2.91. The van der Waals surface area contributed by atoms with Crippen LogP contribution in [0.3, 0.4) is 0 Å². The van der Waals surface area contributed by atoms with E-state index in [0.717, 1.165) is 22.0 Å². The molecule has 4 aromatic rings. The van der Waals surface area contributed by atoms with Crippen LogP contribution in [0.4, 0.5) is 0 Å². The Morgan fingerprint density at radius 1 is 1.20 bits per heavy atom. The SMILES string of the molecule is CCn1c(SCC(=O)C(C#N)c2nc(-c3ccccc3)cs2)nnc1-c1cccs1. The molecule has 0 aliphatic heterocycles. The maximum absolute atomic E-state index is 12.8. The van der Waals surface area contributed by atoms with Gasteiger partial charge < -0.3 is 4.57 Å². The second-order valence-corrected chi connectivity index (χ2v) is 9.06. The molecule has 150 valence electrons. The summed E-state index contributed by atoms with van der Waals surface area (Å²) in [6.45, 7) is 2.72. The smallest absolute Gasteiger partial charge is 0.191 e. The van der Waals surface area contributed by atoms with E-state index < -0.39 is 5.92 Å². The highest BCUT2D eigenvalue weighted by molar-refractivity contribution is 7.99. The minimum Gasteiger partial charge on any atom is -0.302 e.